The van der Waals surface area contributed by atoms with Gasteiger partial charge in [0, 0.05) is 6.54 Å². The molecule has 0 aromatic heterocycles. The van der Waals surface area contributed by atoms with Crippen LogP contribution in [0.15, 0.2) is 0 Å². The molecule has 88 valence electrons. The van der Waals surface area contributed by atoms with E-state index in [1.54, 1.807) is 0 Å². The summed E-state index contributed by atoms with van der Waals surface area (Å²) in [5.41, 5.74) is 0.520. The second-order valence-corrected chi connectivity index (χ2v) is 6.40. The molecule has 2 aliphatic rings. The van der Waals surface area contributed by atoms with E-state index < -0.39 is 0 Å². The second-order valence-electron chi connectivity index (χ2n) is 6.40. The van der Waals surface area contributed by atoms with Gasteiger partial charge in [-0.3, -0.25) is 0 Å². The molecule has 0 spiro atoms. The molecular weight excluding hydrogens is 184 g/mol. The van der Waals surface area contributed by atoms with Crippen LogP contribution in [0.25, 0.3) is 0 Å². The molecule has 0 aromatic rings. The van der Waals surface area contributed by atoms with E-state index >= 15 is 0 Å². The van der Waals surface area contributed by atoms with E-state index in [2.05, 4.69) is 31.1 Å². The molecule has 2 fully saturated rings. The first-order valence-corrected chi connectivity index (χ1v) is 6.46. The van der Waals surface area contributed by atoms with E-state index in [9.17, 15) is 0 Å². The molecule has 1 unspecified atom stereocenters. The van der Waals surface area contributed by atoms with Crippen LogP contribution in [-0.4, -0.2) is 38.1 Å². The summed E-state index contributed by atoms with van der Waals surface area (Å²) in [7, 11) is 2.25. The number of likely N-dealkylation sites (tertiary alicyclic amines) is 1. The summed E-state index contributed by atoms with van der Waals surface area (Å²) in [5, 5.41) is 3.62. The average molecular weight is 210 g/mol. The van der Waals surface area contributed by atoms with E-state index in [0.717, 1.165) is 11.8 Å². The monoisotopic (exact) mass is 210 g/mol. The van der Waals surface area contributed by atoms with Gasteiger partial charge in [0.15, 0.2) is 0 Å². The van der Waals surface area contributed by atoms with Crippen molar-refractivity contribution in [1.29, 1.82) is 0 Å². The van der Waals surface area contributed by atoms with Crippen LogP contribution in [-0.2, 0) is 0 Å². The Morgan fingerprint density at radius 2 is 1.80 bits per heavy atom. The van der Waals surface area contributed by atoms with Crippen molar-refractivity contribution in [1.82, 2.24) is 10.2 Å². The van der Waals surface area contributed by atoms with E-state index in [-0.39, 0.29) is 0 Å². The third-order valence-corrected chi connectivity index (χ3v) is 4.25. The van der Waals surface area contributed by atoms with Gasteiger partial charge in [-0.15, -0.1) is 0 Å². The maximum atomic E-state index is 3.62. The third kappa shape index (κ3) is 2.94. The molecular formula is C13H26N2. The number of piperidine rings is 2. The summed E-state index contributed by atoms with van der Waals surface area (Å²) in [6, 6.07) is 0. The van der Waals surface area contributed by atoms with Crippen LogP contribution >= 0.6 is 0 Å². The minimum atomic E-state index is 0.520. The highest BCUT2D eigenvalue weighted by atomic mass is 15.1. The number of rotatable bonds is 1. The van der Waals surface area contributed by atoms with Gasteiger partial charge in [0.1, 0.15) is 0 Å². The fourth-order valence-corrected chi connectivity index (χ4v) is 3.28. The van der Waals surface area contributed by atoms with Gasteiger partial charge in [0.2, 0.25) is 0 Å². The number of nitrogens with zero attached hydrogens (tertiary/aromatic N) is 1. The van der Waals surface area contributed by atoms with Crippen molar-refractivity contribution in [2.75, 3.05) is 33.2 Å². The topological polar surface area (TPSA) is 15.3 Å². The van der Waals surface area contributed by atoms with Gasteiger partial charge in [0.25, 0.3) is 0 Å². The summed E-state index contributed by atoms with van der Waals surface area (Å²) < 4.78 is 0. The molecule has 0 aromatic carbocycles. The zero-order valence-corrected chi connectivity index (χ0v) is 10.6. The highest BCUT2D eigenvalue weighted by molar-refractivity contribution is 4.87. The van der Waals surface area contributed by atoms with Gasteiger partial charge in [0.05, 0.1) is 0 Å². The average Bonchev–Trinajstić information content (AvgIpc) is 2.17. The number of hydrogen-bond acceptors (Lipinski definition) is 2. The quantitative estimate of drug-likeness (QED) is 0.712. The van der Waals surface area contributed by atoms with Crippen molar-refractivity contribution in [3.8, 4) is 0 Å². The zero-order valence-electron chi connectivity index (χ0n) is 10.6. The summed E-state index contributed by atoms with van der Waals surface area (Å²) in [5.74, 6) is 1.91. The lowest BCUT2D eigenvalue weighted by Crippen LogP contribution is -2.45. The summed E-state index contributed by atoms with van der Waals surface area (Å²) in [6.07, 6.45) is 4.26. The lowest BCUT2D eigenvalue weighted by molar-refractivity contribution is 0.105. The molecule has 0 bridgehead atoms. The normalized spacial score (nSPS) is 34.2. The molecule has 2 rings (SSSR count). The molecule has 15 heavy (non-hydrogen) atoms. The van der Waals surface area contributed by atoms with Crippen molar-refractivity contribution >= 4 is 0 Å². The highest BCUT2D eigenvalue weighted by Gasteiger charge is 2.33. The molecule has 2 nitrogen and oxygen atoms in total. The predicted octanol–water partition coefficient (Wildman–Crippen LogP) is 1.96. The first-order valence-electron chi connectivity index (χ1n) is 6.46. The Kier molecular flexibility index (Phi) is 3.36. The number of hydrogen-bond donors (Lipinski definition) is 1. The second kappa shape index (κ2) is 4.42. The molecule has 0 saturated carbocycles. The Hall–Kier alpha value is -0.0800. The molecule has 1 N–H and O–H groups in total. The SMILES string of the molecule is CN1CCC(C2CNCC(C)(C)C2)CC1. The van der Waals surface area contributed by atoms with Crippen LogP contribution in [0.2, 0.25) is 0 Å². The fourth-order valence-electron chi connectivity index (χ4n) is 3.28. The first-order chi connectivity index (χ1) is 7.07. The molecule has 2 heterocycles. The lowest BCUT2D eigenvalue weighted by Gasteiger charge is -2.42. The highest BCUT2D eigenvalue weighted by Crippen LogP contribution is 2.35. The molecule has 2 saturated heterocycles. The van der Waals surface area contributed by atoms with Crippen molar-refractivity contribution in [3.05, 3.63) is 0 Å². The zero-order chi connectivity index (χ0) is 10.9. The maximum absolute atomic E-state index is 3.62. The smallest absolute Gasteiger partial charge is 0.000275 e. The van der Waals surface area contributed by atoms with Crippen molar-refractivity contribution in [3.63, 3.8) is 0 Å². The summed E-state index contributed by atoms with van der Waals surface area (Å²) >= 11 is 0. The van der Waals surface area contributed by atoms with E-state index in [4.69, 9.17) is 0 Å². The van der Waals surface area contributed by atoms with Crippen LogP contribution in [0.4, 0.5) is 0 Å². The van der Waals surface area contributed by atoms with Crippen LogP contribution in [0.5, 0.6) is 0 Å². The van der Waals surface area contributed by atoms with E-state index in [1.165, 1.54) is 45.4 Å². The van der Waals surface area contributed by atoms with Crippen molar-refractivity contribution in [2.24, 2.45) is 17.3 Å². The summed E-state index contributed by atoms with van der Waals surface area (Å²) in [4.78, 5) is 2.47. The molecule has 0 aliphatic carbocycles. The lowest BCUT2D eigenvalue weighted by atomic mass is 9.72. The molecule has 0 amide bonds. The van der Waals surface area contributed by atoms with Gasteiger partial charge in [-0.05, 0) is 63.2 Å². The molecule has 0 radical (unpaired) electrons. The predicted molar refractivity (Wildman–Crippen MR) is 65.0 cm³/mol. The van der Waals surface area contributed by atoms with Crippen LogP contribution < -0.4 is 5.32 Å². The molecule has 2 heteroatoms. The van der Waals surface area contributed by atoms with Crippen molar-refractivity contribution < 1.29 is 0 Å². The Bertz CT molecular complexity index is 205. The molecule has 2 aliphatic heterocycles. The van der Waals surface area contributed by atoms with Crippen LogP contribution in [0.1, 0.15) is 33.1 Å². The van der Waals surface area contributed by atoms with Gasteiger partial charge in [-0.1, -0.05) is 13.8 Å². The Labute approximate surface area is 94.4 Å². The number of nitrogens with one attached hydrogen (secondary N) is 1. The van der Waals surface area contributed by atoms with Gasteiger partial charge < -0.3 is 10.2 Å². The van der Waals surface area contributed by atoms with Gasteiger partial charge in [-0.25, -0.2) is 0 Å². The van der Waals surface area contributed by atoms with E-state index in [1.807, 2.05) is 0 Å². The largest absolute Gasteiger partial charge is 0.316 e. The van der Waals surface area contributed by atoms with Crippen LogP contribution in [0, 0.1) is 17.3 Å². The Morgan fingerprint density at radius 3 is 2.40 bits per heavy atom. The molecule has 1 atom stereocenters. The fraction of sp³-hybridized carbons (Fsp3) is 1.00. The Balaban J connectivity index is 1.88. The first kappa shape index (κ1) is 11.4. The van der Waals surface area contributed by atoms with Gasteiger partial charge in [-0.2, -0.15) is 0 Å². The maximum Gasteiger partial charge on any atom is 0.000275 e. The van der Waals surface area contributed by atoms with Gasteiger partial charge >= 0.3 is 0 Å². The van der Waals surface area contributed by atoms with Crippen LogP contribution in [0.3, 0.4) is 0 Å². The standard InChI is InChI=1S/C13H26N2/c1-13(2)8-12(9-14-10-13)11-4-6-15(3)7-5-11/h11-12,14H,4-10H2,1-3H3. The minimum Gasteiger partial charge on any atom is -0.316 e. The third-order valence-electron chi connectivity index (χ3n) is 4.25. The van der Waals surface area contributed by atoms with Crippen molar-refractivity contribution in [2.45, 2.75) is 33.1 Å². The minimum absolute atomic E-state index is 0.520. The van der Waals surface area contributed by atoms with E-state index in [0.29, 0.717) is 5.41 Å². The Morgan fingerprint density at radius 1 is 1.13 bits per heavy atom. The summed E-state index contributed by atoms with van der Waals surface area (Å²) in [6.45, 7) is 9.89.